The van der Waals surface area contributed by atoms with Crippen molar-refractivity contribution < 1.29 is 4.79 Å². The summed E-state index contributed by atoms with van der Waals surface area (Å²) in [7, 11) is 0. The Hall–Kier alpha value is -1.41. The van der Waals surface area contributed by atoms with Crippen LogP contribution in [0.5, 0.6) is 0 Å². The summed E-state index contributed by atoms with van der Waals surface area (Å²) in [6, 6.07) is 13.9. The van der Waals surface area contributed by atoms with Crippen LogP contribution in [0.15, 0.2) is 46.9 Å². The molecule has 0 aliphatic heterocycles. The van der Waals surface area contributed by atoms with E-state index in [2.05, 4.69) is 22.0 Å². The molecule has 102 valence electrons. The number of ketones is 1. The highest BCUT2D eigenvalue weighted by atomic mass is 79.9. The first kappa shape index (κ1) is 13.6. The molecule has 1 saturated carbocycles. The van der Waals surface area contributed by atoms with E-state index in [1.54, 1.807) is 0 Å². The van der Waals surface area contributed by atoms with Crippen LogP contribution in [0.3, 0.4) is 0 Å². The summed E-state index contributed by atoms with van der Waals surface area (Å²) in [4.78, 5) is 12.9. The molecule has 0 radical (unpaired) electrons. The van der Waals surface area contributed by atoms with Gasteiger partial charge in [-0.05, 0) is 58.8 Å². The molecule has 2 aromatic rings. The molecule has 0 atom stereocenters. The van der Waals surface area contributed by atoms with E-state index < -0.39 is 0 Å². The molecule has 0 unspecified atom stereocenters. The maximum absolute atomic E-state index is 12.9. The third-order valence-electron chi connectivity index (χ3n) is 4.19. The summed E-state index contributed by atoms with van der Waals surface area (Å²) in [5.41, 5.74) is 3.94. The standard InChI is InChI=1S/C18H17BrO/c1-12-6-4-11-16(17(12)19)18(20)15-10-3-2-9-14(15)13-7-5-8-13/h2-4,6,9-11,13H,5,7-8H2,1H3. The van der Waals surface area contributed by atoms with Gasteiger partial charge in [-0.25, -0.2) is 0 Å². The minimum Gasteiger partial charge on any atom is -0.289 e. The van der Waals surface area contributed by atoms with E-state index in [1.165, 1.54) is 24.8 Å². The Balaban J connectivity index is 2.04. The number of aryl methyl sites for hydroxylation is 1. The van der Waals surface area contributed by atoms with Crippen LogP contribution in [-0.4, -0.2) is 5.78 Å². The fourth-order valence-electron chi connectivity index (χ4n) is 2.75. The number of carbonyl (C=O) groups excluding carboxylic acids is 1. The Labute approximate surface area is 128 Å². The number of halogens is 1. The minimum atomic E-state index is 0.128. The number of hydrogen-bond donors (Lipinski definition) is 0. The van der Waals surface area contributed by atoms with Crippen LogP contribution in [0.4, 0.5) is 0 Å². The molecule has 2 heteroatoms. The van der Waals surface area contributed by atoms with Crippen molar-refractivity contribution in [3.05, 3.63) is 69.2 Å². The van der Waals surface area contributed by atoms with E-state index in [4.69, 9.17) is 0 Å². The molecule has 0 N–H and O–H groups in total. The Morgan fingerprint density at radius 2 is 1.75 bits per heavy atom. The molecule has 0 aromatic heterocycles. The molecule has 0 spiro atoms. The van der Waals surface area contributed by atoms with Crippen molar-refractivity contribution in [2.45, 2.75) is 32.1 Å². The zero-order chi connectivity index (χ0) is 14.1. The number of hydrogen-bond acceptors (Lipinski definition) is 1. The highest BCUT2D eigenvalue weighted by molar-refractivity contribution is 9.10. The quantitative estimate of drug-likeness (QED) is 0.702. The van der Waals surface area contributed by atoms with E-state index >= 15 is 0 Å². The lowest BCUT2D eigenvalue weighted by molar-refractivity contribution is 0.103. The van der Waals surface area contributed by atoms with Crippen LogP contribution < -0.4 is 0 Å². The zero-order valence-corrected chi connectivity index (χ0v) is 13.1. The summed E-state index contributed by atoms with van der Waals surface area (Å²) < 4.78 is 0.911. The molecule has 2 aromatic carbocycles. The average Bonchev–Trinajstić information content (AvgIpc) is 2.40. The molecule has 0 saturated heterocycles. The van der Waals surface area contributed by atoms with E-state index in [0.717, 1.165) is 21.2 Å². The maximum Gasteiger partial charge on any atom is 0.194 e. The topological polar surface area (TPSA) is 17.1 Å². The van der Waals surface area contributed by atoms with Crippen molar-refractivity contribution >= 4 is 21.7 Å². The van der Waals surface area contributed by atoms with Crippen molar-refractivity contribution in [1.29, 1.82) is 0 Å². The Bertz CT molecular complexity index is 656. The van der Waals surface area contributed by atoms with Crippen LogP contribution in [0.1, 0.15) is 52.2 Å². The van der Waals surface area contributed by atoms with Crippen molar-refractivity contribution in [1.82, 2.24) is 0 Å². The summed E-state index contributed by atoms with van der Waals surface area (Å²) in [5, 5.41) is 0. The first-order chi connectivity index (χ1) is 9.68. The summed E-state index contributed by atoms with van der Waals surface area (Å²) in [6.07, 6.45) is 3.69. The highest BCUT2D eigenvalue weighted by Gasteiger charge is 2.25. The van der Waals surface area contributed by atoms with Gasteiger partial charge in [0, 0.05) is 15.6 Å². The third-order valence-corrected chi connectivity index (χ3v) is 5.24. The third kappa shape index (κ3) is 2.33. The van der Waals surface area contributed by atoms with Crippen molar-refractivity contribution in [2.24, 2.45) is 0 Å². The van der Waals surface area contributed by atoms with Gasteiger partial charge < -0.3 is 0 Å². The average molecular weight is 329 g/mol. The van der Waals surface area contributed by atoms with Gasteiger partial charge in [-0.3, -0.25) is 4.79 Å². The largest absolute Gasteiger partial charge is 0.289 e. The fourth-order valence-corrected chi connectivity index (χ4v) is 3.19. The number of rotatable bonds is 3. The minimum absolute atomic E-state index is 0.128. The maximum atomic E-state index is 12.9. The van der Waals surface area contributed by atoms with Gasteiger partial charge in [0.05, 0.1) is 0 Å². The fraction of sp³-hybridized carbons (Fsp3) is 0.278. The molecule has 0 heterocycles. The van der Waals surface area contributed by atoms with Gasteiger partial charge >= 0.3 is 0 Å². The van der Waals surface area contributed by atoms with Gasteiger partial charge in [-0.2, -0.15) is 0 Å². The van der Waals surface area contributed by atoms with Crippen LogP contribution in [0, 0.1) is 6.92 Å². The molecule has 0 bridgehead atoms. The van der Waals surface area contributed by atoms with Crippen LogP contribution in [0.25, 0.3) is 0 Å². The molecule has 1 aliphatic carbocycles. The van der Waals surface area contributed by atoms with Crippen molar-refractivity contribution in [3.8, 4) is 0 Å². The van der Waals surface area contributed by atoms with Gasteiger partial charge in [0.15, 0.2) is 5.78 Å². The van der Waals surface area contributed by atoms with Crippen molar-refractivity contribution in [3.63, 3.8) is 0 Å². The summed E-state index contributed by atoms with van der Waals surface area (Å²) >= 11 is 3.55. The molecular weight excluding hydrogens is 312 g/mol. The highest BCUT2D eigenvalue weighted by Crippen LogP contribution is 2.38. The molecular formula is C18H17BrO. The lowest BCUT2D eigenvalue weighted by Crippen LogP contribution is -2.14. The molecule has 1 aliphatic rings. The molecule has 20 heavy (non-hydrogen) atoms. The SMILES string of the molecule is Cc1cccc(C(=O)c2ccccc2C2CCC2)c1Br. The first-order valence-electron chi connectivity index (χ1n) is 7.07. The Kier molecular flexibility index (Phi) is 3.75. The predicted molar refractivity (Wildman–Crippen MR) is 85.3 cm³/mol. The predicted octanol–water partition coefficient (Wildman–Crippen LogP) is 5.26. The van der Waals surface area contributed by atoms with Crippen LogP contribution in [-0.2, 0) is 0 Å². The van der Waals surface area contributed by atoms with Crippen LogP contribution >= 0.6 is 15.9 Å². The van der Waals surface area contributed by atoms with E-state index in [1.807, 2.05) is 43.3 Å². The van der Waals surface area contributed by atoms with E-state index in [-0.39, 0.29) is 5.78 Å². The van der Waals surface area contributed by atoms with Gasteiger partial charge in [0.1, 0.15) is 0 Å². The first-order valence-corrected chi connectivity index (χ1v) is 7.86. The Morgan fingerprint density at radius 3 is 2.45 bits per heavy atom. The Morgan fingerprint density at radius 1 is 1.05 bits per heavy atom. The van der Waals surface area contributed by atoms with E-state index in [9.17, 15) is 4.79 Å². The normalized spacial score (nSPS) is 14.9. The smallest absolute Gasteiger partial charge is 0.194 e. The van der Waals surface area contributed by atoms with Gasteiger partial charge in [-0.1, -0.05) is 42.8 Å². The second kappa shape index (κ2) is 5.53. The molecule has 3 rings (SSSR count). The monoisotopic (exact) mass is 328 g/mol. The van der Waals surface area contributed by atoms with E-state index in [0.29, 0.717) is 5.92 Å². The van der Waals surface area contributed by atoms with Crippen molar-refractivity contribution in [2.75, 3.05) is 0 Å². The molecule has 1 nitrogen and oxygen atoms in total. The van der Waals surface area contributed by atoms with Gasteiger partial charge in [0.2, 0.25) is 0 Å². The number of carbonyl (C=O) groups is 1. The number of benzene rings is 2. The van der Waals surface area contributed by atoms with Gasteiger partial charge in [-0.15, -0.1) is 0 Å². The van der Waals surface area contributed by atoms with Crippen LogP contribution in [0.2, 0.25) is 0 Å². The second-order valence-corrected chi connectivity index (χ2v) is 6.27. The second-order valence-electron chi connectivity index (χ2n) is 5.48. The summed E-state index contributed by atoms with van der Waals surface area (Å²) in [6.45, 7) is 2.01. The summed E-state index contributed by atoms with van der Waals surface area (Å²) in [5.74, 6) is 0.696. The zero-order valence-electron chi connectivity index (χ0n) is 11.5. The lowest BCUT2D eigenvalue weighted by atomic mass is 9.77. The molecule has 0 amide bonds. The lowest BCUT2D eigenvalue weighted by Gasteiger charge is -2.27. The molecule has 1 fully saturated rings. The van der Waals surface area contributed by atoms with Gasteiger partial charge in [0.25, 0.3) is 0 Å².